The first-order valence-corrected chi connectivity index (χ1v) is 7.92. The first-order valence-electron chi connectivity index (χ1n) is 7.04. The minimum Gasteiger partial charge on any atom is -0.325 e. The molecule has 2 rings (SSSR count). The van der Waals surface area contributed by atoms with Gasteiger partial charge in [0.05, 0.1) is 5.25 Å². The standard InChI is InChI=1S/C16H20N4OS/c1-5-8-20-10-17-19-16(20)22-13(4)15(21)18-14-7-6-11(2)9-12(14)3/h5-7,9-10,13H,1,8H2,2-4H3,(H,18,21)/t13-/m0/s1. The van der Waals surface area contributed by atoms with Crippen molar-refractivity contribution in [3.05, 3.63) is 48.3 Å². The molecule has 1 aromatic heterocycles. The molecule has 0 saturated carbocycles. The molecule has 1 heterocycles. The number of hydrogen-bond acceptors (Lipinski definition) is 4. The van der Waals surface area contributed by atoms with Crippen LogP contribution in [0, 0.1) is 13.8 Å². The molecular formula is C16H20N4OS. The van der Waals surface area contributed by atoms with Gasteiger partial charge in [-0.1, -0.05) is 35.5 Å². The van der Waals surface area contributed by atoms with Crippen LogP contribution in [-0.2, 0) is 11.3 Å². The summed E-state index contributed by atoms with van der Waals surface area (Å²) in [4.78, 5) is 12.3. The number of carbonyl (C=O) groups is 1. The highest BCUT2D eigenvalue weighted by Gasteiger charge is 2.18. The number of nitrogens with zero attached hydrogens (tertiary/aromatic N) is 3. The normalized spacial score (nSPS) is 12.0. The number of hydrogen-bond donors (Lipinski definition) is 1. The number of thioether (sulfide) groups is 1. The summed E-state index contributed by atoms with van der Waals surface area (Å²) in [6.45, 7) is 10.2. The van der Waals surface area contributed by atoms with E-state index >= 15 is 0 Å². The van der Waals surface area contributed by atoms with E-state index in [1.165, 1.54) is 17.3 Å². The molecule has 6 heteroatoms. The van der Waals surface area contributed by atoms with Crippen LogP contribution in [0.4, 0.5) is 5.69 Å². The largest absolute Gasteiger partial charge is 0.325 e. The molecule has 0 spiro atoms. The van der Waals surface area contributed by atoms with E-state index in [0.717, 1.165) is 11.3 Å². The lowest BCUT2D eigenvalue weighted by Gasteiger charge is -2.13. The molecule has 116 valence electrons. The number of amides is 1. The second-order valence-corrected chi connectivity index (χ2v) is 6.43. The van der Waals surface area contributed by atoms with Crippen molar-refractivity contribution in [2.24, 2.45) is 0 Å². The third-order valence-corrected chi connectivity index (χ3v) is 4.29. The quantitative estimate of drug-likeness (QED) is 0.657. The molecule has 0 aliphatic carbocycles. The zero-order chi connectivity index (χ0) is 16.1. The number of anilines is 1. The number of aryl methyl sites for hydroxylation is 2. The van der Waals surface area contributed by atoms with E-state index < -0.39 is 0 Å². The zero-order valence-corrected chi connectivity index (χ0v) is 13.9. The van der Waals surface area contributed by atoms with E-state index in [2.05, 4.69) is 22.1 Å². The minimum absolute atomic E-state index is 0.0508. The summed E-state index contributed by atoms with van der Waals surface area (Å²) in [6.07, 6.45) is 3.41. The minimum atomic E-state index is -0.270. The van der Waals surface area contributed by atoms with E-state index in [4.69, 9.17) is 0 Å². The average Bonchev–Trinajstić information content (AvgIpc) is 2.89. The van der Waals surface area contributed by atoms with Crippen LogP contribution in [-0.4, -0.2) is 25.9 Å². The van der Waals surface area contributed by atoms with Crippen LogP contribution < -0.4 is 5.32 Å². The summed E-state index contributed by atoms with van der Waals surface area (Å²) in [5.74, 6) is -0.0508. The Morgan fingerprint density at radius 3 is 2.95 bits per heavy atom. The van der Waals surface area contributed by atoms with Crippen molar-refractivity contribution < 1.29 is 4.79 Å². The van der Waals surface area contributed by atoms with Crippen LogP contribution in [0.15, 0.2) is 42.3 Å². The van der Waals surface area contributed by atoms with E-state index in [9.17, 15) is 4.79 Å². The van der Waals surface area contributed by atoms with Crippen LogP contribution >= 0.6 is 11.8 Å². The monoisotopic (exact) mass is 316 g/mol. The van der Waals surface area contributed by atoms with E-state index in [1.54, 1.807) is 12.4 Å². The fourth-order valence-corrected chi connectivity index (χ4v) is 2.83. The van der Waals surface area contributed by atoms with Gasteiger partial charge in [0.1, 0.15) is 6.33 Å². The molecule has 0 saturated heterocycles. The highest BCUT2D eigenvalue weighted by molar-refractivity contribution is 8.00. The Labute approximate surface area is 134 Å². The number of benzene rings is 1. The van der Waals surface area contributed by atoms with Gasteiger partial charge in [0, 0.05) is 12.2 Å². The van der Waals surface area contributed by atoms with Gasteiger partial charge in [-0.3, -0.25) is 4.79 Å². The number of aromatic nitrogens is 3. The Hall–Kier alpha value is -2.08. The number of rotatable bonds is 6. The van der Waals surface area contributed by atoms with Gasteiger partial charge in [-0.15, -0.1) is 16.8 Å². The first kappa shape index (κ1) is 16.3. The molecule has 1 amide bonds. The van der Waals surface area contributed by atoms with Crippen molar-refractivity contribution in [3.63, 3.8) is 0 Å². The van der Waals surface area contributed by atoms with Crippen LogP contribution in [0.3, 0.4) is 0 Å². The molecule has 22 heavy (non-hydrogen) atoms. The number of nitrogens with one attached hydrogen (secondary N) is 1. The summed E-state index contributed by atoms with van der Waals surface area (Å²) >= 11 is 1.38. The summed E-state index contributed by atoms with van der Waals surface area (Å²) in [7, 11) is 0. The second-order valence-electron chi connectivity index (χ2n) is 5.12. The Kier molecular flexibility index (Phi) is 5.38. The summed E-state index contributed by atoms with van der Waals surface area (Å²) in [6, 6.07) is 5.97. The molecule has 0 unspecified atom stereocenters. The van der Waals surface area contributed by atoms with Gasteiger partial charge in [0.15, 0.2) is 5.16 Å². The molecular weight excluding hydrogens is 296 g/mol. The van der Waals surface area contributed by atoms with Crippen LogP contribution in [0.2, 0.25) is 0 Å². The molecule has 1 atom stereocenters. The van der Waals surface area contributed by atoms with E-state index in [1.807, 2.05) is 43.5 Å². The van der Waals surface area contributed by atoms with Crippen LogP contribution in [0.1, 0.15) is 18.1 Å². The zero-order valence-electron chi connectivity index (χ0n) is 13.0. The Balaban J connectivity index is 2.02. The smallest absolute Gasteiger partial charge is 0.237 e. The molecule has 1 aromatic carbocycles. The van der Waals surface area contributed by atoms with E-state index in [-0.39, 0.29) is 11.2 Å². The fourth-order valence-electron chi connectivity index (χ4n) is 2.00. The topological polar surface area (TPSA) is 59.8 Å². The Bertz CT molecular complexity index is 681. The molecule has 0 aliphatic rings. The summed E-state index contributed by atoms with van der Waals surface area (Å²) in [5, 5.41) is 11.3. The molecule has 2 aromatic rings. The first-order chi connectivity index (χ1) is 10.5. The lowest BCUT2D eigenvalue weighted by molar-refractivity contribution is -0.115. The molecule has 0 radical (unpaired) electrons. The third-order valence-electron chi connectivity index (χ3n) is 3.20. The molecule has 0 bridgehead atoms. The van der Waals surface area contributed by atoms with Crippen molar-refractivity contribution in [1.82, 2.24) is 14.8 Å². The van der Waals surface area contributed by atoms with Crippen molar-refractivity contribution in [1.29, 1.82) is 0 Å². The van der Waals surface area contributed by atoms with Crippen molar-refractivity contribution in [2.75, 3.05) is 5.32 Å². The predicted octanol–water partition coefficient (Wildman–Crippen LogP) is 3.20. The van der Waals surface area contributed by atoms with Gasteiger partial charge in [0.25, 0.3) is 0 Å². The van der Waals surface area contributed by atoms with Crippen LogP contribution in [0.5, 0.6) is 0 Å². The summed E-state index contributed by atoms with van der Waals surface area (Å²) < 4.78 is 1.86. The van der Waals surface area contributed by atoms with E-state index in [0.29, 0.717) is 11.7 Å². The van der Waals surface area contributed by atoms with Crippen molar-refractivity contribution in [3.8, 4) is 0 Å². The lowest BCUT2D eigenvalue weighted by atomic mass is 10.1. The molecule has 5 nitrogen and oxygen atoms in total. The summed E-state index contributed by atoms with van der Waals surface area (Å²) in [5.41, 5.74) is 3.08. The molecule has 0 fully saturated rings. The van der Waals surface area contributed by atoms with Crippen LogP contribution in [0.25, 0.3) is 0 Å². The van der Waals surface area contributed by atoms with Gasteiger partial charge in [-0.2, -0.15) is 0 Å². The number of allylic oxidation sites excluding steroid dienone is 1. The van der Waals surface area contributed by atoms with Gasteiger partial charge >= 0.3 is 0 Å². The maximum absolute atomic E-state index is 12.3. The highest BCUT2D eigenvalue weighted by Crippen LogP contribution is 2.23. The van der Waals surface area contributed by atoms with Gasteiger partial charge in [-0.25, -0.2) is 0 Å². The van der Waals surface area contributed by atoms with Crippen molar-refractivity contribution >= 4 is 23.4 Å². The molecule has 0 aliphatic heterocycles. The molecule has 1 N–H and O–H groups in total. The maximum atomic E-state index is 12.3. The number of carbonyl (C=O) groups excluding carboxylic acids is 1. The van der Waals surface area contributed by atoms with Gasteiger partial charge in [-0.05, 0) is 32.4 Å². The Morgan fingerprint density at radius 2 is 2.27 bits per heavy atom. The Morgan fingerprint density at radius 1 is 1.50 bits per heavy atom. The second kappa shape index (κ2) is 7.26. The fraction of sp³-hybridized carbons (Fsp3) is 0.312. The lowest BCUT2D eigenvalue weighted by Crippen LogP contribution is -2.23. The maximum Gasteiger partial charge on any atom is 0.237 e. The van der Waals surface area contributed by atoms with Gasteiger partial charge < -0.3 is 9.88 Å². The third kappa shape index (κ3) is 3.98. The average molecular weight is 316 g/mol. The van der Waals surface area contributed by atoms with Crippen molar-refractivity contribution in [2.45, 2.75) is 37.7 Å². The SMILES string of the molecule is C=CCn1cnnc1S[C@@H](C)C(=O)Nc1ccc(C)cc1C. The highest BCUT2D eigenvalue weighted by atomic mass is 32.2. The predicted molar refractivity (Wildman–Crippen MR) is 90.1 cm³/mol. The van der Waals surface area contributed by atoms with Gasteiger partial charge in [0.2, 0.25) is 5.91 Å².